The van der Waals surface area contributed by atoms with Gasteiger partial charge in [-0.1, -0.05) is 19.9 Å². The van der Waals surface area contributed by atoms with E-state index in [0.29, 0.717) is 12.3 Å². The van der Waals surface area contributed by atoms with Crippen molar-refractivity contribution in [2.75, 3.05) is 0 Å². The van der Waals surface area contributed by atoms with E-state index in [0.717, 1.165) is 5.75 Å². The van der Waals surface area contributed by atoms with Gasteiger partial charge in [0, 0.05) is 6.42 Å². The monoisotopic (exact) mass is 234 g/mol. The molecule has 0 saturated carbocycles. The molecule has 0 fully saturated rings. The highest BCUT2D eigenvalue weighted by Gasteiger charge is 2.09. The van der Waals surface area contributed by atoms with Crippen molar-refractivity contribution in [3.8, 4) is 5.75 Å². The largest absolute Gasteiger partial charge is 0.490 e. The minimum absolute atomic E-state index is 0.0585. The maximum absolute atomic E-state index is 11.0. The maximum Gasteiger partial charge on any atom is 0.133 e. The average molecular weight is 234 g/mol. The van der Waals surface area contributed by atoms with Gasteiger partial charge in [0.05, 0.1) is 0 Å². The van der Waals surface area contributed by atoms with Crippen LogP contribution in [-0.2, 0) is 4.79 Å². The second-order valence-corrected chi connectivity index (χ2v) is 5.01. The Hall–Kier alpha value is -1.31. The first-order valence-electron chi connectivity index (χ1n) is 6.16. The normalized spacial score (nSPS) is 12.6. The molecule has 1 aromatic rings. The first-order valence-corrected chi connectivity index (χ1v) is 6.16. The summed E-state index contributed by atoms with van der Waals surface area (Å²) in [4.78, 5) is 11.0. The molecule has 2 heteroatoms. The van der Waals surface area contributed by atoms with E-state index < -0.39 is 0 Å². The third kappa shape index (κ3) is 4.22. The summed E-state index contributed by atoms with van der Waals surface area (Å²) in [7, 11) is 0. The Morgan fingerprint density at radius 2 is 1.94 bits per heavy atom. The van der Waals surface area contributed by atoms with Gasteiger partial charge in [0.25, 0.3) is 0 Å². The molecule has 94 valence electrons. The fourth-order valence-corrected chi connectivity index (χ4v) is 2.05. The van der Waals surface area contributed by atoms with Gasteiger partial charge < -0.3 is 4.74 Å². The van der Waals surface area contributed by atoms with Crippen LogP contribution in [0.25, 0.3) is 0 Å². The number of rotatable bonds is 5. The number of carbonyl (C=O) groups is 1. The molecular formula is C15H22O2. The Bertz CT molecular complexity index is 394. The van der Waals surface area contributed by atoms with E-state index in [4.69, 9.17) is 4.74 Å². The molecule has 17 heavy (non-hydrogen) atoms. The van der Waals surface area contributed by atoms with Gasteiger partial charge in [-0.25, -0.2) is 0 Å². The molecule has 1 rings (SSSR count). The quantitative estimate of drug-likeness (QED) is 0.773. The summed E-state index contributed by atoms with van der Waals surface area (Å²) in [6.45, 7) is 9.97. The average Bonchev–Trinajstić information content (AvgIpc) is 2.15. The predicted octanol–water partition coefficient (Wildman–Crippen LogP) is 3.86. The minimum Gasteiger partial charge on any atom is -0.490 e. The van der Waals surface area contributed by atoms with E-state index in [9.17, 15) is 4.79 Å². The van der Waals surface area contributed by atoms with Crippen LogP contribution in [0.5, 0.6) is 5.75 Å². The molecular weight excluding hydrogens is 212 g/mol. The Morgan fingerprint density at radius 1 is 1.29 bits per heavy atom. The molecule has 0 N–H and O–H groups in total. The minimum atomic E-state index is -0.0585. The van der Waals surface area contributed by atoms with Crippen LogP contribution in [0.15, 0.2) is 18.2 Å². The van der Waals surface area contributed by atoms with Gasteiger partial charge in [0.1, 0.15) is 17.6 Å². The van der Waals surface area contributed by atoms with Gasteiger partial charge in [-0.2, -0.15) is 0 Å². The van der Waals surface area contributed by atoms with Crippen molar-refractivity contribution in [2.24, 2.45) is 0 Å². The fourth-order valence-electron chi connectivity index (χ4n) is 2.05. The molecule has 0 heterocycles. The maximum atomic E-state index is 11.0. The Labute approximate surface area is 104 Å². The molecule has 0 aliphatic rings. The number of benzene rings is 1. The van der Waals surface area contributed by atoms with E-state index in [1.807, 2.05) is 19.1 Å². The summed E-state index contributed by atoms with van der Waals surface area (Å²) < 4.78 is 5.72. The van der Waals surface area contributed by atoms with E-state index in [2.05, 4.69) is 26.8 Å². The topological polar surface area (TPSA) is 26.3 Å². The van der Waals surface area contributed by atoms with E-state index >= 15 is 0 Å². The van der Waals surface area contributed by atoms with Crippen molar-refractivity contribution in [1.29, 1.82) is 0 Å². The second-order valence-electron chi connectivity index (χ2n) is 5.01. The van der Waals surface area contributed by atoms with Crippen molar-refractivity contribution in [3.63, 3.8) is 0 Å². The van der Waals surface area contributed by atoms with Gasteiger partial charge in [0.15, 0.2) is 0 Å². The number of hydrogen-bond donors (Lipinski definition) is 0. The first kappa shape index (κ1) is 13.8. The molecule has 0 amide bonds. The Morgan fingerprint density at radius 3 is 2.41 bits per heavy atom. The van der Waals surface area contributed by atoms with Crippen molar-refractivity contribution >= 4 is 5.78 Å². The Balaban J connectivity index is 2.73. The standard InChI is InChI=1S/C15H22O2/c1-10(2)15-7-6-14(8-11(15)3)17-13(5)9-12(4)16/h6-8,10,13H,9H2,1-5H3. The summed E-state index contributed by atoms with van der Waals surface area (Å²) in [5, 5.41) is 0. The molecule has 0 aliphatic heterocycles. The highest BCUT2D eigenvalue weighted by atomic mass is 16.5. The van der Waals surface area contributed by atoms with Crippen molar-refractivity contribution in [1.82, 2.24) is 0 Å². The first-order chi connectivity index (χ1) is 7.90. The lowest BCUT2D eigenvalue weighted by Gasteiger charge is -2.16. The molecule has 1 atom stereocenters. The zero-order valence-corrected chi connectivity index (χ0v) is 11.4. The van der Waals surface area contributed by atoms with Crippen molar-refractivity contribution in [2.45, 2.75) is 53.1 Å². The van der Waals surface area contributed by atoms with Crippen LogP contribution in [0.2, 0.25) is 0 Å². The zero-order valence-electron chi connectivity index (χ0n) is 11.4. The molecule has 0 radical (unpaired) electrons. The number of aryl methyl sites for hydroxylation is 1. The van der Waals surface area contributed by atoms with Crippen molar-refractivity contribution in [3.05, 3.63) is 29.3 Å². The smallest absolute Gasteiger partial charge is 0.133 e. The lowest BCUT2D eigenvalue weighted by molar-refractivity contribution is -0.118. The van der Waals surface area contributed by atoms with Gasteiger partial charge in [0.2, 0.25) is 0 Å². The second kappa shape index (κ2) is 5.85. The summed E-state index contributed by atoms with van der Waals surface area (Å²) in [5.41, 5.74) is 2.59. The highest BCUT2D eigenvalue weighted by Crippen LogP contribution is 2.24. The van der Waals surface area contributed by atoms with Crippen LogP contribution in [0.1, 0.15) is 51.2 Å². The molecule has 0 aromatic heterocycles. The van der Waals surface area contributed by atoms with E-state index in [-0.39, 0.29) is 11.9 Å². The molecule has 1 aromatic carbocycles. The third-order valence-corrected chi connectivity index (χ3v) is 2.78. The lowest BCUT2D eigenvalue weighted by Crippen LogP contribution is -2.15. The Kier molecular flexibility index (Phi) is 4.73. The number of Topliss-reactive ketones (excluding diaryl/α,β-unsaturated/α-hetero) is 1. The van der Waals surface area contributed by atoms with Crippen LogP contribution >= 0.6 is 0 Å². The van der Waals surface area contributed by atoms with Gasteiger partial charge in [-0.15, -0.1) is 0 Å². The lowest BCUT2D eigenvalue weighted by atomic mass is 9.98. The van der Waals surface area contributed by atoms with Gasteiger partial charge in [-0.3, -0.25) is 4.79 Å². The predicted molar refractivity (Wildman–Crippen MR) is 70.7 cm³/mol. The van der Waals surface area contributed by atoms with Crippen LogP contribution in [-0.4, -0.2) is 11.9 Å². The zero-order chi connectivity index (χ0) is 13.0. The molecule has 1 unspecified atom stereocenters. The number of hydrogen-bond acceptors (Lipinski definition) is 2. The summed E-state index contributed by atoms with van der Waals surface area (Å²) >= 11 is 0. The summed E-state index contributed by atoms with van der Waals surface area (Å²) in [5.74, 6) is 1.53. The fraction of sp³-hybridized carbons (Fsp3) is 0.533. The summed E-state index contributed by atoms with van der Waals surface area (Å²) in [6, 6.07) is 6.14. The van der Waals surface area contributed by atoms with Crippen LogP contribution in [0.3, 0.4) is 0 Å². The van der Waals surface area contributed by atoms with Gasteiger partial charge >= 0.3 is 0 Å². The highest BCUT2D eigenvalue weighted by molar-refractivity contribution is 5.75. The molecule has 0 saturated heterocycles. The molecule has 0 bridgehead atoms. The van der Waals surface area contributed by atoms with Crippen LogP contribution in [0, 0.1) is 6.92 Å². The SMILES string of the molecule is CC(=O)CC(C)Oc1ccc(C(C)C)c(C)c1. The van der Waals surface area contributed by atoms with E-state index in [1.54, 1.807) is 6.92 Å². The third-order valence-electron chi connectivity index (χ3n) is 2.78. The number of ketones is 1. The van der Waals surface area contributed by atoms with Crippen molar-refractivity contribution < 1.29 is 9.53 Å². The van der Waals surface area contributed by atoms with Gasteiger partial charge in [-0.05, 0) is 49.9 Å². The molecule has 0 aliphatic carbocycles. The molecule has 0 spiro atoms. The van der Waals surface area contributed by atoms with E-state index in [1.165, 1.54) is 11.1 Å². The summed E-state index contributed by atoms with van der Waals surface area (Å²) in [6.07, 6.45) is 0.405. The number of ether oxygens (including phenoxy) is 1. The van der Waals surface area contributed by atoms with Crippen LogP contribution in [0.4, 0.5) is 0 Å². The van der Waals surface area contributed by atoms with Crippen LogP contribution < -0.4 is 4.74 Å². The number of carbonyl (C=O) groups excluding carboxylic acids is 1. The molecule has 2 nitrogen and oxygen atoms in total.